The van der Waals surface area contributed by atoms with Gasteiger partial charge in [-0.05, 0) is 37.7 Å². The molecule has 1 unspecified atom stereocenters. The van der Waals surface area contributed by atoms with Crippen LogP contribution in [0.5, 0.6) is 5.75 Å². The Bertz CT molecular complexity index is 761. The Morgan fingerprint density at radius 2 is 2.24 bits per heavy atom. The Morgan fingerprint density at radius 3 is 2.96 bits per heavy atom. The van der Waals surface area contributed by atoms with E-state index >= 15 is 0 Å². The number of nitrogens with zero attached hydrogens (tertiary/aromatic N) is 1. The fourth-order valence-electron chi connectivity index (χ4n) is 2.54. The Morgan fingerprint density at radius 1 is 1.40 bits per heavy atom. The van der Waals surface area contributed by atoms with Crippen LogP contribution in [0, 0.1) is 0 Å². The number of ether oxygens (including phenoxy) is 1. The van der Waals surface area contributed by atoms with Gasteiger partial charge in [-0.15, -0.1) is 11.3 Å². The van der Waals surface area contributed by atoms with E-state index in [1.54, 1.807) is 29.5 Å². The van der Waals surface area contributed by atoms with E-state index in [2.05, 4.69) is 26.9 Å². The first kappa shape index (κ1) is 17.2. The highest BCUT2D eigenvalue weighted by Gasteiger charge is 2.18. The third kappa shape index (κ3) is 4.28. The van der Waals surface area contributed by atoms with E-state index in [-0.39, 0.29) is 24.6 Å². The number of thiophene rings is 1. The summed E-state index contributed by atoms with van der Waals surface area (Å²) < 4.78 is 5.35. The van der Waals surface area contributed by atoms with Crippen molar-refractivity contribution in [2.75, 3.05) is 37.9 Å². The van der Waals surface area contributed by atoms with Crippen LogP contribution in [0.25, 0.3) is 0 Å². The average Bonchev–Trinajstić information content (AvgIpc) is 3.09. The van der Waals surface area contributed by atoms with E-state index in [4.69, 9.17) is 4.74 Å². The van der Waals surface area contributed by atoms with Crippen LogP contribution in [0.3, 0.4) is 0 Å². The molecule has 1 aromatic carbocycles. The second-order valence-corrected chi connectivity index (χ2v) is 6.86. The second kappa shape index (κ2) is 7.54. The van der Waals surface area contributed by atoms with Gasteiger partial charge in [0.2, 0.25) is 0 Å². The SMILES string of the molecule is CN(C)C(CNC(=O)Nc1ccc2c(c1)OCC(=O)N2)c1cccs1. The van der Waals surface area contributed by atoms with Gasteiger partial charge in [-0.3, -0.25) is 4.79 Å². The summed E-state index contributed by atoms with van der Waals surface area (Å²) in [6.45, 7) is 0.477. The van der Waals surface area contributed by atoms with Crippen LogP contribution in [0.1, 0.15) is 10.9 Å². The number of hydrogen-bond acceptors (Lipinski definition) is 5. The van der Waals surface area contributed by atoms with Crippen LogP contribution in [-0.4, -0.2) is 44.1 Å². The van der Waals surface area contributed by atoms with E-state index < -0.39 is 0 Å². The number of benzene rings is 1. The maximum absolute atomic E-state index is 12.2. The number of likely N-dealkylation sites (N-methyl/N-ethyl adjacent to an activating group) is 1. The minimum absolute atomic E-state index is 0.0199. The molecule has 1 aromatic heterocycles. The normalized spacial score (nSPS) is 14.3. The second-order valence-electron chi connectivity index (χ2n) is 5.88. The number of anilines is 2. The Hall–Kier alpha value is -2.58. The number of rotatable bonds is 5. The summed E-state index contributed by atoms with van der Waals surface area (Å²) in [7, 11) is 3.97. The smallest absolute Gasteiger partial charge is 0.319 e. The van der Waals surface area contributed by atoms with Gasteiger partial charge in [0.25, 0.3) is 5.91 Å². The summed E-state index contributed by atoms with van der Waals surface area (Å²) in [6, 6.07) is 9.01. The Labute approximate surface area is 150 Å². The zero-order chi connectivity index (χ0) is 17.8. The molecule has 0 spiro atoms. The molecule has 0 aliphatic carbocycles. The number of urea groups is 1. The minimum Gasteiger partial charge on any atom is -0.482 e. The number of carbonyl (C=O) groups is 2. The predicted octanol–water partition coefficient (Wildman–Crippen LogP) is 2.50. The summed E-state index contributed by atoms with van der Waals surface area (Å²) in [4.78, 5) is 26.7. The number of fused-ring (bicyclic) bond motifs is 1. The zero-order valence-electron chi connectivity index (χ0n) is 14.0. The molecule has 25 heavy (non-hydrogen) atoms. The van der Waals surface area contributed by atoms with Crippen LogP contribution in [0.2, 0.25) is 0 Å². The molecule has 3 rings (SSSR count). The summed E-state index contributed by atoms with van der Waals surface area (Å²) in [5.74, 6) is 0.358. The van der Waals surface area contributed by atoms with Gasteiger partial charge >= 0.3 is 6.03 Å². The lowest BCUT2D eigenvalue weighted by Gasteiger charge is -2.23. The number of nitrogens with one attached hydrogen (secondary N) is 3. The highest BCUT2D eigenvalue weighted by molar-refractivity contribution is 7.10. The molecule has 0 saturated carbocycles. The third-order valence-corrected chi connectivity index (χ3v) is 4.80. The molecule has 1 atom stereocenters. The quantitative estimate of drug-likeness (QED) is 0.765. The van der Waals surface area contributed by atoms with Gasteiger partial charge in [-0.1, -0.05) is 6.07 Å². The number of hydrogen-bond donors (Lipinski definition) is 3. The van der Waals surface area contributed by atoms with E-state index in [1.807, 2.05) is 25.5 Å². The predicted molar refractivity (Wildman–Crippen MR) is 98.3 cm³/mol. The standard InChI is InChI=1S/C17H20N4O3S/c1-21(2)13(15-4-3-7-25-15)9-18-17(23)19-11-5-6-12-14(8-11)24-10-16(22)20-12/h3-8,13H,9-10H2,1-2H3,(H,20,22)(H2,18,19,23). The van der Waals surface area contributed by atoms with Gasteiger partial charge in [0.15, 0.2) is 6.61 Å². The van der Waals surface area contributed by atoms with E-state index in [0.29, 0.717) is 23.7 Å². The van der Waals surface area contributed by atoms with Crippen LogP contribution >= 0.6 is 11.3 Å². The first-order chi connectivity index (χ1) is 12.0. The van der Waals surface area contributed by atoms with Crippen LogP contribution in [0.4, 0.5) is 16.2 Å². The third-order valence-electron chi connectivity index (χ3n) is 3.82. The molecule has 0 bridgehead atoms. The average molecular weight is 360 g/mol. The van der Waals surface area contributed by atoms with Crippen LogP contribution in [0.15, 0.2) is 35.7 Å². The highest BCUT2D eigenvalue weighted by atomic mass is 32.1. The molecule has 1 aliphatic rings. The molecule has 0 radical (unpaired) electrons. The topological polar surface area (TPSA) is 82.7 Å². The molecule has 3 N–H and O–H groups in total. The fraction of sp³-hybridized carbons (Fsp3) is 0.294. The van der Waals surface area contributed by atoms with Crippen molar-refractivity contribution in [3.05, 3.63) is 40.6 Å². The molecule has 7 nitrogen and oxygen atoms in total. The minimum atomic E-state index is -0.289. The van der Waals surface area contributed by atoms with E-state index in [0.717, 1.165) is 0 Å². The van der Waals surface area contributed by atoms with Crippen molar-refractivity contribution in [2.45, 2.75) is 6.04 Å². The number of amides is 3. The van der Waals surface area contributed by atoms with Gasteiger partial charge in [-0.25, -0.2) is 4.79 Å². The molecule has 2 aromatic rings. The van der Waals surface area contributed by atoms with Crippen molar-refractivity contribution < 1.29 is 14.3 Å². The van der Waals surface area contributed by atoms with Gasteiger partial charge in [0.05, 0.1) is 11.7 Å². The first-order valence-corrected chi connectivity index (χ1v) is 8.72. The largest absolute Gasteiger partial charge is 0.482 e. The summed E-state index contributed by atoms with van der Waals surface area (Å²) >= 11 is 1.67. The summed E-state index contributed by atoms with van der Waals surface area (Å²) in [6.07, 6.45) is 0. The molecule has 2 heterocycles. The van der Waals surface area contributed by atoms with E-state index in [9.17, 15) is 9.59 Å². The number of carbonyl (C=O) groups excluding carboxylic acids is 2. The van der Waals surface area contributed by atoms with Crippen LogP contribution < -0.4 is 20.7 Å². The van der Waals surface area contributed by atoms with Gasteiger partial charge in [0.1, 0.15) is 5.75 Å². The summed E-state index contributed by atoms with van der Waals surface area (Å²) in [5.41, 5.74) is 1.21. The molecule has 3 amide bonds. The molecular weight excluding hydrogens is 340 g/mol. The highest BCUT2D eigenvalue weighted by Crippen LogP contribution is 2.30. The van der Waals surface area contributed by atoms with Crippen molar-refractivity contribution >= 4 is 34.6 Å². The molecule has 0 saturated heterocycles. The van der Waals surface area contributed by atoms with Crippen molar-refractivity contribution in [3.8, 4) is 5.75 Å². The Balaban J connectivity index is 1.58. The zero-order valence-corrected chi connectivity index (χ0v) is 14.9. The molecule has 132 valence electrons. The van der Waals surface area contributed by atoms with Crippen molar-refractivity contribution in [1.82, 2.24) is 10.2 Å². The lowest BCUT2D eigenvalue weighted by molar-refractivity contribution is -0.118. The summed E-state index contributed by atoms with van der Waals surface area (Å²) in [5, 5.41) is 10.4. The van der Waals surface area contributed by atoms with E-state index in [1.165, 1.54) is 4.88 Å². The van der Waals surface area contributed by atoms with Gasteiger partial charge in [-0.2, -0.15) is 0 Å². The molecule has 1 aliphatic heterocycles. The van der Waals surface area contributed by atoms with Crippen molar-refractivity contribution in [2.24, 2.45) is 0 Å². The lowest BCUT2D eigenvalue weighted by Crippen LogP contribution is -2.36. The Kier molecular flexibility index (Phi) is 5.20. The maximum Gasteiger partial charge on any atom is 0.319 e. The molecule has 8 heteroatoms. The lowest BCUT2D eigenvalue weighted by atomic mass is 10.2. The monoisotopic (exact) mass is 360 g/mol. The maximum atomic E-state index is 12.2. The first-order valence-electron chi connectivity index (χ1n) is 7.84. The van der Waals surface area contributed by atoms with Crippen molar-refractivity contribution in [1.29, 1.82) is 0 Å². The molecule has 0 fully saturated rings. The van der Waals surface area contributed by atoms with Gasteiger partial charge in [0, 0.05) is 23.2 Å². The van der Waals surface area contributed by atoms with Gasteiger partial charge < -0.3 is 25.6 Å². The van der Waals surface area contributed by atoms with Crippen molar-refractivity contribution in [3.63, 3.8) is 0 Å². The van der Waals surface area contributed by atoms with Crippen LogP contribution in [-0.2, 0) is 4.79 Å². The fourth-order valence-corrected chi connectivity index (χ4v) is 3.46. The molecular formula is C17H20N4O3S.